The van der Waals surface area contributed by atoms with Gasteiger partial charge in [-0.25, -0.2) is 8.78 Å². The minimum Gasteiger partial charge on any atom is -0.481 e. The third kappa shape index (κ3) is 6.58. The van der Waals surface area contributed by atoms with Gasteiger partial charge in [0.2, 0.25) is 0 Å². The highest BCUT2D eigenvalue weighted by Crippen LogP contribution is 2.21. The molecular weight excluding hydrogens is 314 g/mol. The second-order valence-electron chi connectivity index (χ2n) is 5.27. The Hall–Kier alpha value is -1.40. The molecule has 0 bridgehead atoms. The van der Waals surface area contributed by atoms with Crippen molar-refractivity contribution in [1.82, 2.24) is 5.32 Å². The first-order valence-electron chi connectivity index (χ1n) is 6.87. The van der Waals surface area contributed by atoms with E-state index in [2.05, 4.69) is 5.32 Å². The zero-order chi connectivity index (χ0) is 16.0. The van der Waals surface area contributed by atoms with Crippen molar-refractivity contribution in [2.45, 2.75) is 38.7 Å². The van der Waals surface area contributed by atoms with Gasteiger partial charge in [-0.2, -0.15) is 0 Å². The number of nitrogens with one attached hydrogen (secondary N) is 1. The second-order valence-corrected chi connectivity index (χ2v) is 5.27. The SMILES string of the molecule is CC(Oc1cccc(C(C)C)c1)C(=O)NCC(F)(F)CN.Cl. The van der Waals surface area contributed by atoms with Gasteiger partial charge in [0.05, 0.1) is 13.1 Å². The molecule has 0 saturated carbocycles. The quantitative estimate of drug-likeness (QED) is 0.804. The lowest BCUT2D eigenvalue weighted by molar-refractivity contribution is -0.129. The first kappa shape index (κ1) is 20.6. The number of benzene rings is 1. The lowest BCUT2D eigenvalue weighted by Crippen LogP contribution is -2.45. The summed E-state index contributed by atoms with van der Waals surface area (Å²) in [6.07, 6.45) is -0.860. The third-order valence-electron chi connectivity index (χ3n) is 3.03. The molecular formula is C15H23ClF2N2O2. The molecule has 0 aliphatic carbocycles. The molecule has 1 aromatic rings. The highest BCUT2D eigenvalue weighted by atomic mass is 35.5. The number of nitrogens with two attached hydrogens (primary N) is 1. The number of halogens is 3. The summed E-state index contributed by atoms with van der Waals surface area (Å²) in [7, 11) is 0. The second kappa shape index (κ2) is 8.90. The molecule has 1 rings (SSSR count). The van der Waals surface area contributed by atoms with Gasteiger partial charge in [0.25, 0.3) is 11.8 Å². The van der Waals surface area contributed by atoms with Gasteiger partial charge in [-0.15, -0.1) is 12.4 Å². The van der Waals surface area contributed by atoms with Crippen LogP contribution < -0.4 is 15.8 Å². The van der Waals surface area contributed by atoms with Gasteiger partial charge in [-0.1, -0.05) is 26.0 Å². The van der Waals surface area contributed by atoms with Gasteiger partial charge in [-0.05, 0) is 30.5 Å². The predicted molar refractivity (Wildman–Crippen MR) is 84.9 cm³/mol. The minimum absolute atomic E-state index is 0. The zero-order valence-corrected chi connectivity index (χ0v) is 13.8. The molecule has 1 unspecified atom stereocenters. The molecule has 22 heavy (non-hydrogen) atoms. The Morgan fingerprint density at radius 1 is 1.36 bits per heavy atom. The highest BCUT2D eigenvalue weighted by molar-refractivity contribution is 5.85. The highest BCUT2D eigenvalue weighted by Gasteiger charge is 2.28. The topological polar surface area (TPSA) is 64.3 Å². The van der Waals surface area contributed by atoms with Crippen LogP contribution in [-0.4, -0.2) is 31.0 Å². The van der Waals surface area contributed by atoms with E-state index in [0.29, 0.717) is 11.7 Å². The summed E-state index contributed by atoms with van der Waals surface area (Å²) in [6.45, 7) is 4.01. The van der Waals surface area contributed by atoms with Crippen LogP contribution in [0.15, 0.2) is 24.3 Å². The average molecular weight is 337 g/mol. The van der Waals surface area contributed by atoms with Crippen molar-refractivity contribution >= 4 is 18.3 Å². The lowest BCUT2D eigenvalue weighted by atomic mass is 10.0. The van der Waals surface area contributed by atoms with Crippen LogP contribution >= 0.6 is 12.4 Å². The fourth-order valence-corrected chi connectivity index (χ4v) is 1.64. The molecule has 1 aromatic carbocycles. The summed E-state index contributed by atoms with van der Waals surface area (Å²) in [5.41, 5.74) is 5.98. The number of hydrogen-bond donors (Lipinski definition) is 2. The van der Waals surface area contributed by atoms with E-state index >= 15 is 0 Å². The standard InChI is InChI=1S/C15H22F2N2O2.ClH/c1-10(2)12-5-4-6-13(7-12)21-11(3)14(20)19-9-15(16,17)8-18;/h4-7,10-11H,8-9,18H2,1-3H3,(H,19,20);1H. The smallest absolute Gasteiger partial charge is 0.277 e. The van der Waals surface area contributed by atoms with Crippen LogP contribution in [0.4, 0.5) is 8.78 Å². The Bertz CT molecular complexity index is 484. The Balaban J connectivity index is 0.00000441. The minimum atomic E-state index is -3.10. The summed E-state index contributed by atoms with van der Waals surface area (Å²) < 4.78 is 31.4. The van der Waals surface area contributed by atoms with Gasteiger partial charge in [0.1, 0.15) is 5.75 Å². The third-order valence-corrected chi connectivity index (χ3v) is 3.03. The van der Waals surface area contributed by atoms with E-state index in [1.54, 1.807) is 6.07 Å². The van der Waals surface area contributed by atoms with Crippen LogP contribution in [0.1, 0.15) is 32.3 Å². The molecule has 0 aliphatic rings. The van der Waals surface area contributed by atoms with Crippen LogP contribution in [0, 0.1) is 0 Å². The normalized spacial score (nSPS) is 12.5. The number of carbonyl (C=O) groups is 1. The van der Waals surface area contributed by atoms with Crippen molar-refractivity contribution in [3.63, 3.8) is 0 Å². The van der Waals surface area contributed by atoms with Gasteiger partial charge >= 0.3 is 0 Å². The van der Waals surface area contributed by atoms with Crippen molar-refractivity contribution in [2.24, 2.45) is 5.73 Å². The molecule has 0 radical (unpaired) electrons. The summed E-state index contributed by atoms with van der Waals surface area (Å²) in [5.74, 6) is -2.83. The number of rotatable bonds is 7. The van der Waals surface area contributed by atoms with E-state index in [1.165, 1.54) is 6.92 Å². The molecule has 1 amide bonds. The van der Waals surface area contributed by atoms with E-state index in [1.807, 2.05) is 32.0 Å². The van der Waals surface area contributed by atoms with Gasteiger partial charge in [0.15, 0.2) is 6.10 Å². The van der Waals surface area contributed by atoms with Crippen molar-refractivity contribution in [1.29, 1.82) is 0 Å². The van der Waals surface area contributed by atoms with Crippen LogP contribution in [0.2, 0.25) is 0 Å². The number of ether oxygens (including phenoxy) is 1. The number of hydrogen-bond acceptors (Lipinski definition) is 3. The van der Waals surface area contributed by atoms with Crippen LogP contribution in [0.3, 0.4) is 0 Å². The number of amides is 1. The van der Waals surface area contributed by atoms with E-state index < -0.39 is 31.0 Å². The van der Waals surface area contributed by atoms with E-state index in [9.17, 15) is 13.6 Å². The predicted octanol–water partition coefficient (Wildman–Crippen LogP) is 2.71. The van der Waals surface area contributed by atoms with Crippen molar-refractivity contribution in [3.8, 4) is 5.75 Å². The van der Waals surface area contributed by atoms with Gasteiger partial charge in [0, 0.05) is 0 Å². The molecule has 126 valence electrons. The zero-order valence-electron chi connectivity index (χ0n) is 12.9. The van der Waals surface area contributed by atoms with Crippen molar-refractivity contribution in [2.75, 3.05) is 13.1 Å². The molecule has 7 heteroatoms. The summed E-state index contributed by atoms with van der Waals surface area (Å²) >= 11 is 0. The molecule has 1 atom stereocenters. The van der Waals surface area contributed by atoms with Crippen molar-refractivity contribution in [3.05, 3.63) is 29.8 Å². The lowest BCUT2D eigenvalue weighted by Gasteiger charge is -2.18. The Labute approximate surface area is 135 Å². The monoisotopic (exact) mass is 336 g/mol. The fourth-order valence-electron chi connectivity index (χ4n) is 1.64. The van der Waals surface area contributed by atoms with Gasteiger partial charge < -0.3 is 15.8 Å². The van der Waals surface area contributed by atoms with E-state index in [4.69, 9.17) is 10.5 Å². The maximum absolute atomic E-state index is 13.0. The first-order valence-corrected chi connectivity index (χ1v) is 6.87. The summed E-state index contributed by atoms with van der Waals surface area (Å²) in [4.78, 5) is 11.7. The Morgan fingerprint density at radius 3 is 2.55 bits per heavy atom. The maximum Gasteiger partial charge on any atom is 0.277 e. The van der Waals surface area contributed by atoms with Crippen LogP contribution in [0.5, 0.6) is 5.75 Å². The maximum atomic E-state index is 13.0. The Kier molecular flexibility index (Phi) is 8.34. The Morgan fingerprint density at radius 2 is 2.00 bits per heavy atom. The number of carbonyl (C=O) groups excluding carboxylic acids is 1. The summed E-state index contributed by atoms with van der Waals surface area (Å²) in [6, 6.07) is 7.36. The molecule has 0 fully saturated rings. The van der Waals surface area contributed by atoms with Crippen LogP contribution in [-0.2, 0) is 4.79 Å². The molecule has 0 saturated heterocycles. The molecule has 0 aromatic heterocycles. The molecule has 0 heterocycles. The number of alkyl halides is 2. The van der Waals surface area contributed by atoms with Crippen molar-refractivity contribution < 1.29 is 18.3 Å². The summed E-state index contributed by atoms with van der Waals surface area (Å²) in [5, 5.41) is 2.14. The molecule has 3 N–H and O–H groups in total. The van der Waals surface area contributed by atoms with E-state index in [0.717, 1.165) is 5.56 Å². The molecule has 0 spiro atoms. The van der Waals surface area contributed by atoms with Crippen LogP contribution in [0.25, 0.3) is 0 Å². The van der Waals surface area contributed by atoms with E-state index in [-0.39, 0.29) is 12.4 Å². The molecule has 0 aliphatic heterocycles. The van der Waals surface area contributed by atoms with Gasteiger partial charge in [-0.3, -0.25) is 4.79 Å². The largest absolute Gasteiger partial charge is 0.481 e. The average Bonchev–Trinajstić information content (AvgIpc) is 2.45. The molecule has 4 nitrogen and oxygen atoms in total. The fraction of sp³-hybridized carbons (Fsp3) is 0.533. The first-order chi connectivity index (χ1) is 9.75.